The van der Waals surface area contributed by atoms with Gasteiger partial charge in [0.2, 0.25) is 12.5 Å². The Labute approximate surface area is 224 Å². The molecule has 38 heavy (non-hydrogen) atoms. The summed E-state index contributed by atoms with van der Waals surface area (Å²) in [6.45, 7) is 3.54. The number of hydrogen-bond donors (Lipinski definition) is 1. The molecule has 0 unspecified atom stereocenters. The molecule has 1 fully saturated rings. The second-order valence-electron chi connectivity index (χ2n) is 10.8. The third-order valence-electron chi connectivity index (χ3n) is 8.17. The zero-order valence-electron chi connectivity index (χ0n) is 22.9. The number of fused-ring (bicyclic) bond motifs is 3. The van der Waals surface area contributed by atoms with Gasteiger partial charge in [0.25, 0.3) is 0 Å². The highest BCUT2D eigenvalue weighted by molar-refractivity contribution is 5.79. The van der Waals surface area contributed by atoms with Crippen LogP contribution in [0.5, 0.6) is 28.7 Å². The van der Waals surface area contributed by atoms with Crippen molar-refractivity contribution in [2.75, 3.05) is 68.4 Å². The molecule has 9 nitrogen and oxygen atoms in total. The summed E-state index contributed by atoms with van der Waals surface area (Å²) in [6.07, 6.45) is 2.00. The summed E-state index contributed by atoms with van der Waals surface area (Å²) in [5, 5.41) is 10.5. The molecule has 5 rings (SSSR count). The Kier molecular flexibility index (Phi) is 7.59. The van der Waals surface area contributed by atoms with Crippen LogP contribution in [0.2, 0.25) is 0 Å². The van der Waals surface area contributed by atoms with Crippen molar-refractivity contribution in [1.82, 2.24) is 9.80 Å². The highest BCUT2D eigenvalue weighted by Gasteiger charge is 2.52. The lowest BCUT2D eigenvalue weighted by atomic mass is 9.62. The molecule has 2 aliphatic heterocycles. The fourth-order valence-corrected chi connectivity index (χ4v) is 6.27. The fourth-order valence-electron chi connectivity index (χ4n) is 6.27. The van der Waals surface area contributed by atoms with Crippen LogP contribution in [-0.4, -0.2) is 89.3 Å². The first kappa shape index (κ1) is 26.4. The zero-order valence-corrected chi connectivity index (χ0v) is 22.9. The third kappa shape index (κ3) is 4.85. The molecule has 2 aromatic rings. The maximum absolute atomic E-state index is 13.3. The van der Waals surface area contributed by atoms with Gasteiger partial charge in [-0.15, -0.1) is 0 Å². The smallest absolute Gasteiger partial charge is 0.310 e. The first-order valence-electron chi connectivity index (χ1n) is 13.2. The Morgan fingerprint density at radius 2 is 1.58 bits per heavy atom. The average molecular weight is 527 g/mol. The molecule has 0 radical (unpaired) electrons. The van der Waals surface area contributed by atoms with Crippen molar-refractivity contribution >= 4 is 5.97 Å². The Morgan fingerprint density at radius 3 is 2.21 bits per heavy atom. The van der Waals surface area contributed by atoms with Crippen LogP contribution < -0.4 is 18.9 Å². The van der Waals surface area contributed by atoms with Gasteiger partial charge in [0.05, 0.1) is 26.7 Å². The van der Waals surface area contributed by atoms with Crippen molar-refractivity contribution in [3.8, 4) is 28.7 Å². The van der Waals surface area contributed by atoms with Crippen molar-refractivity contribution in [2.24, 2.45) is 11.8 Å². The van der Waals surface area contributed by atoms with Gasteiger partial charge in [-0.1, -0.05) is 0 Å². The summed E-state index contributed by atoms with van der Waals surface area (Å²) < 4.78 is 28.1. The summed E-state index contributed by atoms with van der Waals surface area (Å²) in [5.74, 6) is 1.21. The number of cyclic esters (lactones) is 1. The normalized spacial score (nSPS) is 23.4. The molecule has 0 saturated carbocycles. The lowest BCUT2D eigenvalue weighted by molar-refractivity contribution is -0.141. The van der Waals surface area contributed by atoms with Gasteiger partial charge in [-0.3, -0.25) is 4.79 Å². The Bertz CT molecular complexity index is 1160. The first-order valence-corrected chi connectivity index (χ1v) is 13.2. The lowest BCUT2D eigenvalue weighted by Gasteiger charge is -2.40. The maximum Gasteiger partial charge on any atom is 0.310 e. The van der Waals surface area contributed by atoms with Crippen molar-refractivity contribution in [2.45, 2.75) is 24.7 Å². The molecule has 4 atom stereocenters. The van der Waals surface area contributed by atoms with E-state index in [1.807, 2.05) is 6.07 Å². The molecule has 2 aromatic carbocycles. The van der Waals surface area contributed by atoms with Crippen LogP contribution in [0.3, 0.4) is 0 Å². The number of carbonyl (C=O) groups is 1. The monoisotopic (exact) mass is 526 g/mol. The maximum atomic E-state index is 13.3. The minimum atomic E-state index is -0.370. The molecule has 9 heteroatoms. The van der Waals surface area contributed by atoms with E-state index in [1.165, 1.54) is 14.2 Å². The molecule has 1 saturated heterocycles. The Hall–Kier alpha value is -3.17. The van der Waals surface area contributed by atoms with Crippen LogP contribution in [0.15, 0.2) is 24.3 Å². The number of ether oxygens (including phenoxy) is 5. The number of carbonyl (C=O) groups excluding carboxylic acids is 1. The standard InChI is InChI=1S/C29H38N2O7/c1-30(2)8-6-9-31(3)10-7-18-19-13-22-23(38-16-37-22)14-20(19)26(27-21(18)15-36-29(27)33)17-11-24(34-4)28(32)25(12-17)35-5/h11-14,18,21,26-27,32H,6-10,15-16H2,1-5H3/t18-,21-,26-,27+/m1/s1. The fraction of sp³-hybridized carbons (Fsp3) is 0.552. The number of hydrogen-bond acceptors (Lipinski definition) is 9. The summed E-state index contributed by atoms with van der Waals surface area (Å²) in [4.78, 5) is 17.9. The highest BCUT2D eigenvalue weighted by Crippen LogP contribution is 2.56. The van der Waals surface area contributed by atoms with E-state index in [-0.39, 0.29) is 42.2 Å². The van der Waals surface area contributed by atoms with Gasteiger partial charge in [-0.05, 0) is 100 Å². The van der Waals surface area contributed by atoms with E-state index in [0.717, 1.165) is 54.9 Å². The predicted molar refractivity (Wildman–Crippen MR) is 142 cm³/mol. The van der Waals surface area contributed by atoms with E-state index in [2.05, 4.69) is 37.0 Å². The zero-order chi connectivity index (χ0) is 27.0. The molecule has 3 aliphatic rings. The minimum absolute atomic E-state index is 0.0151. The van der Waals surface area contributed by atoms with Crippen LogP contribution >= 0.6 is 0 Å². The number of methoxy groups -OCH3 is 2. The summed E-state index contributed by atoms with van der Waals surface area (Å²) in [6, 6.07) is 7.69. The SMILES string of the molecule is COc1cc([C@@H]2c3cc4c(cc3[C@@H](CCN(C)CCCN(C)C)[C@H]3COC(=O)[C@H]23)OCO4)cc(OC)c1O. The summed E-state index contributed by atoms with van der Waals surface area (Å²) in [5.41, 5.74) is 3.00. The topological polar surface area (TPSA) is 89.9 Å². The van der Waals surface area contributed by atoms with Gasteiger partial charge in [-0.25, -0.2) is 0 Å². The third-order valence-corrected chi connectivity index (χ3v) is 8.17. The van der Waals surface area contributed by atoms with E-state index in [1.54, 1.807) is 12.1 Å². The number of rotatable bonds is 10. The molecule has 0 amide bonds. The molecule has 0 aromatic heterocycles. The molecule has 1 aliphatic carbocycles. The van der Waals surface area contributed by atoms with E-state index in [4.69, 9.17) is 23.7 Å². The molecule has 1 N–H and O–H groups in total. The summed E-state index contributed by atoms with van der Waals surface area (Å²) >= 11 is 0. The lowest BCUT2D eigenvalue weighted by Crippen LogP contribution is -2.36. The largest absolute Gasteiger partial charge is 0.502 e. The molecule has 0 bridgehead atoms. The van der Waals surface area contributed by atoms with Crippen LogP contribution in [0, 0.1) is 11.8 Å². The summed E-state index contributed by atoms with van der Waals surface area (Å²) in [7, 11) is 9.35. The molecule has 0 spiro atoms. The minimum Gasteiger partial charge on any atom is -0.502 e. The van der Waals surface area contributed by atoms with E-state index < -0.39 is 0 Å². The van der Waals surface area contributed by atoms with Gasteiger partial charge in [-0.2, -0.15) is 0 Å². The van der Waals surface area contributed by atoms with E-state index in [0.29, 0.717) is 23.9 Å². The average Bonchev–Trinajstić information content (AvgIpc) is 3.51. The van der Waals surface area contributed by atoms with Crippen molar-refractivity contribution in [3.05, 3.63) is 41.0 Å². The quantitative estimate of drug-likeness (QED) is 0.468. The van der Waals surface area contributed by atoms with E-state index >= 15 is 0 Å². The van der Waals surface area contributed by atoms with Gasteiger partial charge in [0.1, 0.15) is 0 Å². The van der Waals surface area contributed by atoms with Gasteiger partial charge in [0.15, 0.2) is 23.0 Å². The Morgan fingerprint density at radius 1 is 0.921 bits per heavy atom. The number of benzene rings is 2. The number of nitrogens with zero attached hydrogens (tertiary/aromatic N) is 2. The van der Waals surface area contributed by atoms with E-state index in [9.17, 15) is 9.90 Å². The number of phenolic OH excluding ortho intramolecular Hbond substituents is 1. The van der Waals surface area contributed by atoms with Gasteiger partial charge >= 0.3 is 5.97 Å². The van der Waals surface area contributed by atoms with Crippen LogP contribution in [0.4, 0.5) is 0 Å². The second kappa shape index (κ2) is 10.9. The number of esters is 1. The number of phenols is 1. The van der Waals surface area contributed by atoms with Gasteiger partial charge in [0, 0.05) is 11.8 Å². The van der Waals surface area contributed by atoms with Crippen molar-refractivity contribution in [3.63, 3.8) is 0 Å². The first-order chi connectivity index (χ1) is 18.3. The number of aromatic hydroxyl groups is 1. The van der Waals surface area contributed by atoms with Gasteiger partial charge < -0.3 is 38.6 Å². The molecule has 206 valence electrons. The van der Waals surface area contributed by atoms with Crippen LogP contribution in [0.25, 0.3) is 0 Å². The van der Waals surface area contributed by atoms with Crippen molar-refractivity contribution in [1.29, 1.82) is 0 Å². The highest BCUT2D eigenvalue weighted by atomic mass is 16.7. The Balaban J connectivity index is 1.55. The van der Waals surface area contributed by atoms with Crippen molar-refractivity contribution < 1.29 is 33.6 Å². The van der Waals surface area contributed by atoms with Crippen LogP contribution in [0.1, 0.15) is 41.4 Å². The second-order valence-corrected chi connectivity index (χ2v) is 10.8. The predicted octanol–water partition coefficient (Wildman–Crippen LogP) is 3.43. The molecular formula is C29H38N2O7. The molecule has 2 heterocycles. The molecular weight excluding hydrogens is 488 g/mol. The van der Waals surface area contributed by atoms with Crippen LogP contribution in [-0.2, 0) is 9.53 Å².